The van der Waals surface area contributed by atoms with Crippen LogP contribution in [0.4, 0.5) is 5.69 Å². The number of nitro groups is 1. The van der Waals surface area contributed by atoms with Gasteiger partial charge in [-0.3, -0.25) is 14.8 Å². The second-order valence-electron chi connectivity index (χ2n) is 7.02. The highest BCUT2D eigenvalue weighted by Crippen LogP contribution is 2.28. The Morgan fingerprint density at radius 3 is 2.73 bits per heavy atom. The fraction of sp³-hybridized carbons (Fsp3) is 0.421. The van der Waals surface area contributed by atoms with Crippen molar-refractivity contribution in [2.75, 3.05) is 18.1 Å². The van der Waals surface area contributed by atoms with Crippen LogP contribution in [0.15, 0.2) is 12.3 Å². The van der Waals surface area contributed by atoms with E-state index in [2.05, 4.69) is 10.1 Å². The standard InChI is InChI=1S/C19H22N4O6S/c1-4-29-19(24)17-9-15(23(25)26)10-20-18(17)6-5-16-12(2)21-22(13(16)3)14-7-8-30(27,28)11-14/h5-6,9-10,14H,4,7-8,11H2,1-3H3. The molecular formula is C19H22N4O6S. The highest BCUT2D eigenvalue weighted by atomic mass is 32.2. The molecule has 0 bridgehead atoms. The van der Waals surface area contributed by atoms with Crippen molar-refractivity contribution < 1.29 is 22.9 Å². The van der Waals surface area contributed by atoms with E-state index in [-0.39, 0.29) is 41.1 Å². The van der Waals surface area contributed by atoms with Crippen LogP contribution in [0.5, 0.6) is 0 Å². The molecule has 3 rings (SSSR count). The van der Waals surface area contributed by atoms with E-state index in [4.69, 9.17) is 4.74 Å². The Balaban J connectivity index is 1.96. The van der Waals surface area contributed by atoms with Crippen molar-refractivity contribution in [3.8, 4) is 0 Å². The molecule has 0 amide bonds. The minimum Gasteiger partial charge on any atom is -0.462 e. The first-order valence-corrected chi connectivity index (χ1v) is 11.2. The number of ether oxygens (including phenoxy) is 1. The van der Waals surface area contributed by atoms with Gasteiger partial charge in [0.25, 0.3) is 5.69 Å². The molecule has 0 N–H and O–H groups in total. The highest BCUT2D eigenvalue weighted by molar-refractivity contribution is 7.91. The highest BCUT2D eigenvalue weighted by Gasteiger charge is 2.31. The average molecular weight is 434 g/mol. The van der Waals surface area contributed by atoms with Crippen LogP contribution in [0.2, 0.25) is 0 Å². The molecule has 0 aromatic carbocycles. The Hall–Kier alpha value is -3.08. The number of hydrogen-bond acceptors (Lipinski definition) is 8. The van der Waals surface area contributed by atoms with Crippen LogP contribution in [0.1, 0.15) is 52.4 Å². The SMILES string of the molecule is CCOC(=O)c1cc([N+](=O)[O-])cnc1C=Cc1c(C)nn(C2CCS(=O)(=O)C2)c1C. The maximum atomic E-state index is 12.2. The Kier molecular flexibility index (Phi) is 6.01. The summed E-state index contributed by atoms with van der Waals surface area (Å²) in [5, 5.41) is 15.5. The van der Waals surface area contributed by atoms with Gasteiger partial charge in [0, 0.05) is 17.3 Å². The number of nitrogens with zero attached hydrogens (tertiary/aromatic N) is 4. The molecule has 160 valence electrons. The lowest BCUT2D eigenvalue weighted by Gasteiger charge is -2.11. The largest absolute Gasteiger partial charge is 0.462 e. The van der Waals surface area contributed by atoms with Gasteiger partial charge >= 0.3 is 5.97 Å². The van der Waals surface area contributed by atoms with Crippen LogP contribution in [-0.4, -0.2) is 52.2 Å². The third kappa shape index (κ3) is 4.40. The molecule has 0 aliphatic carbocycles. The van der Waals surface area contributed by atoms with E-state index in [0.717, 1.165) is 23.5 Å². The fourth-order valence-corrected chi connectivity index (χ4v) is 5.16. The van der Waals surface area contributed by atoms with Gasteiger partial charge in [0.2, 0.25) is 0 Å². The Bertz CT molecular complexity index is 1140. The van der Waals surface area contributed by atoms with Gasteiger partial charge in [0.1, 0.15) is 6.20 Å². The van der Waals surface area contributed by atoms with Crippen molar-refractivity contribution in [2.45, 2.75) is 33.2 Å². The summed E-state index contributed by atoms with van der Waals surface area (Å²) in [6, 6.07) is 0.931. The van der Waals surface area contributed by atoms with Gasteiger partial charge < -0.3 is 4.74 Å². The van der Waals surface area contributed by atoms with Gasteiger partial charge in [-0.15, -0.1) is 0 Å². The van der Waals surface area contributed by atoms with Gasteiger partial charge in [-0.2, -0.15) is 5.10 Å². The molecule has 3 heterocycles. The number of carbonyl (C=O) groups is 1. The van der Waals surface area contributed by atoms with E-state index in [1.807, 2.05) is 13.8 Å². The lowest BCUT2D eigenvalue weighted by molar-refractivity contribution is -0.385. The average Bonchev–Trinajstić information content (AvgIpc) is 3.18. The van der Waals surface area contributed by atoms with E-state index >= 15 is 0 Å². The predicted octanol–water partition coefficient (Wildman–Crippen LogP) is 2.51. The summed E-state index contributed by atoms with van der Waals surface area (Å²) in [7, 11) is -3.05. The minimum atomic E-state index is -3.05. The van der Waals surface area contributed by atoms with Crippen LogP contribution in [0.3, 0.4) is 0 Å². The number of hydrogen-bond donors (Lipinski definition) is 0. The monoisotopic (exact) mass is 434 g/mol. The molecule has 1 aliphatic heterocycles. The Morgan fingerprint density at radius 2 is 2.13 bits per heavy atom. The summed E-state index contributed by atoms with van der Waals surface area (Å²) in [5.41, 5.74) is 2.19. The van der Waals surface area contributed by atoms with Gasteiger partial charge in [-0.05, 0) is 39.3 Å². The molecule has 0 radical (unpaired) electrons. The van der Waals surface area contributed by atoms with E-state index in [1.165, 1.54) is 0 Å². The van der Waals surface area contributed by atoms with E-state index in [9.17, 15) is 23.3 Å². The molecule has 0 spiro atoms. The molecule has 11 heteroatoms. The molecule has 1 aliphatic rings. The first kappa shape index (κ1) is 21.6. The number of esters is 1. The molecule has 0 saturated carbocycles. The predicted molar refractivity (Wildman–Crippen MR) is 110 cm³/mol. The Morgan fingerprint density at radius 1 is 1.40 bits per heavy atom. The second kappa shape index (κ2) is 8.34. The van der Waals surface area contributed by atoms with E-state index in [0.29, 0.717) is 12.1 Å². The maximum absolute atomic E-state index is 12.2. The van der Waals surface area contributed by atoms with Gasteiger partial charge in [-0.1, -0.05) is 0 Å². The molecular weight excluding hydrogens is 412 g/mol. The van der Waals surface area contributed by atoms with E-state index < -0.39 is 20.7 Å². The first-order chi connectivity index (χ1) is 14.1. The maximum Gasteiger partial charge on any atom is 0.340 e. The summed E-state index contributed by atoms with van der Waals surface area (Å²) >= 11 is 0. The molecule has 2 aromatic rings. The zero-order chi connectivity index (χ0) is 22.1. The molecule has 1 fully saturated rings. The summed E-state index contributed by atoms with van der Waals surface area (Å²) in [5.74, 6) is -0.486. The quantitative estimate of drug-likeness (QED) is 0.384. The third-order valence-electron chi connectivity index (χ3n) is 4.95. The van der Waals surface area contributed by atoms with Crippen molar-refractivity contribution in [1.29, 1.82) is 0 Å². The topological polar surface area (TPSA) is 134 Å². The Labute approximate surface area is 173 Å². The van der Waals surface area contributed by atoms with Crippen molar-refractivity contribution in [2.24, 2.45) is 0 Å². The number of pyridine rings is 1. The summed E-state index contributed by atoms with van der Waals surface area (Å²) in [4.78, 5) is 26.7. The second-order valence-corrected chi connectivity index (χ2v) is 9.25. The molecule has 1 saturated heterocycles. The van der Waals surface area contributed by atoms with Gasteiger partial charge in [0.05, 0.1) is 46.0 Å². The normalized spacial score (nSPS) is 18.0. The van der Waals surface area contributed by atoms with Gasteiger partial charge in [-0.25, -0.2) is 18.2 Å². The smallest absolute Gasteiger partial charge is 0.340 e. The van der Waals surface area contributed by atoms with Crippen LogP contribution in [-0.2, 0) is 14.6 Å². The van der Waals surface area contributed by atoms with E-state index in [1.54, 1.807) is 23.8 Å². The summed E-state index contributed by atoms with van der Waals surface area (Å²) in [6.45, 7) is 5.42. The van der Waals surface area contributed by atoms with Crippen molar-refractivity contribution >= 4 is 33.6 Å². The lowest BCUT2D eigenvalue weighted by Crippen LogP contribution is -2.13. The number of sulfone groups is 1. The van der Waals surface area contributed by atoms with Gasteiger partial charge in [0.15, 0.2) is 9.84 Å². The minimum absolute atomic E-state index is 0.00751. The van der Waals surface area contributed by atoms with Crippen LogP contribution in [0.25, 0.3) is 12.2 Å². The number of carbonyl (C=O) groups excluding carboxylic acids is 1. The first-order valence-electron chi connectivity index (χ1n) is 9.38. The number of rotatable bonds is 6. The number of aryl methyl sites for hydroxylation is 1. The summed E-state index contributed by atoms with van der Waals surface area (Å²) in [6.07, 6.45) is 4.89. The lowest BCUT2D eigenvalue weighted by atomic mass is 10.1. The van der Waals surface area contributed by atoms with Crippen molar-refractivity contribution in [3.63, 3.8) is 0 Å². The molecule has 1 unspecified atom stereocenters. The van der Waals surface area contributed by atoms with Crippen molar-refractivity contribution in [1.82, 2.24) is 14.8 Å². The van der Waals surface area contributed by atoms with Crippen molar-refractivity contribution in [3.05, 3.63) is 50.6 Å². The van der Waals surface area contributed by atoms with Crippen LogP contribution in [0, 0.1) is 24.0 Å². The molecule has 1 atom stereocenters. The molecule has 30 heavy (non-hydrogen) atoms. The fourth-order valence-electron chi connectivity index (χ4n) is 3.47. The molecule has 10 nitrogen and oxygen atoms in total. The van der Waals surface area contributed by atoms with Crippen LogP contribution >= 0.6 is 0 Å². The zero-order valence-corrected chi connectivity index (χ0v) is 17.7. The van der Waals surface area contributed by atoms with Crippen LogP contribution < -0.4 is 0 Å². The third-order valence-corrected chi connectivity index (χ3v) is 6.70. The zero-order valence-electron chi connectivity index (χ0n) is 16.9. The molecule has 2 aromatic heterocycles. The number of aromatic nitrogens is 3. The summed E-state index contributed by atoms with van der Waals surface area (Å²) < 4.78 is 30.3.